The number of aryl methyl sites for hydroxylation is 1. The van der Waals surface area contributed by atoms with E-state index in [4.69, 9.17) is 0 Å². The van der Waals surface area contributed by atoms with E-state index >= 15 is 0 Å². The number of nitrogens with one attached hydrogen (secondary N) is 2. The molecule has 1 aromatic carbocycles. The molecule has 0 unspecified atom stereocenters. The molecular formula is C16H14N4O2S. The number of pyridine rings is 1. The molecule has 0 atom stereocenters. The molecule has 6 nitrogen and oxygen atoms in total. The number of thiazole rings is 1. The van der Waals surface area contributed by atoms with E-state index in [-0.39, 0.29) is 12.3 Å². The SMILES string of the molecule is O=C(CCc1nc2ccccc2s1)NNC(=O)c1cccnc1. The summed E-state index contributed by atoms with van der Waals surface area (Å²) in [5.41, 5.74) is 6.09. The summed E-state index contributed by atoms with van der Waals surface area (Å²) in [6, 6.07) is 11.1. The first-order valence-corrected chi connectivity index (χ1v) is 7.88. The molecule has 0 spiro atoms. The first-order valence-electron chi connectivity index (χ1n) is 7.06. The lowest BCUT2D eigenvalue weighted by atomic mass is 10.3. The van der Waals surface area contributed by atoms with Gasteiger partial charge in [0.25, 0.3) is 5.91 Å². The van der Waals surface area contributed by atoms with Crippen LogP contribution in [0.15, 0.2) is 48.8 Å². The van der Waals surface area contributed by atoms with Gasteiger partial charge in [-0.2, -0.15) is 0 Å². The van der Waals surface area contributed by atoms with E-state index in [1.807, 2.05) is 24.3 Å². The van der Waals surface area contributed by atoms with Gasteiger partial charge in [-0.25, -0.2) is 4.98 Å². The fourth-order valence-electron chi connectivity index (χ4n) is 2.01. The molecule has 2 amide bonds. The standard InChI is InChI=1S/C16H14N4O2S/c21-14(19-20-16(22)11-4-3-9-17-10-11)7-8-15-18-12-5-1-2-6-13(12)23-15/h1-6,9-10H,7-8H2,(H,19,21)(H,20,22). The van der Waals surface area contributed by atoms with Crippen LogP contribution in [0, 0.1) is 0 Å². The van der Waals surface area contributed by atoms with Crippen molar-refractivity contribution in [2.45, 2.75) is 12.8 Å². The molecule has 3 rings (SSSR count). The molecule has 0 saturated carbocycles. The number of hydrazine groups is 1. The van der Waals surface area contributed by atoms with Crippen molar-refractivity contribution in [1.29, 1.82) is 0 Å². The summed E-state index contributed by atoms with van der Waals surface area (Å²) in [6.07, 6.45) is 3.80. The van der Waals surface area contributed by atoms with E-state index in [9.17, 15) is 9.59 Å². The molecule has 0 aliphatic carbocycles. The van der Waals surface area contributed by atoms with E-state index < -0.39 is 5.91 Å². The molecule has 0 aliphatic heterocycles. The number of nitrogens with zero attached hydrogens (tertiary/aromatic N) is 2. The third-order valence-corrected chi connectivity index (χ3v) is 4.24. The third kappa shape index (κ3) is 3.89. The highest BCUT2D eigenvalue weighted by Crippen LogP contribution is 2.22. The van der Waals surface area contributed by atoms with Crippen LogP contribution in [0.4, 0.5) is 0 Å². The van der Waals surface area contributed by atoms with Crippen molar-refractivity contribution in [3.63, 3.8) is 0 Å². The van der Waals surface area contributed by atoms with Crippen LogP contribution < -0.4 is 10.9 Å². The number of aromatic nitrogens is 2. The van der Waals surface area contributed by atoms with Crippen molar-refractivity contribution in [2.24, 2.45) is 0 Å². The normalized spacial score (nSPS) is 10.4. The number of carbonyl (C=O) groups is 2. The molecule has 2 aromatic heterocycles. The summed E-state index contributed by atoms with van der Waals surface area (Å²) < 4.78 is 1.10. The van der Waals surface area contributed by atoms with Crippen molar-refractivity contribution in [1.82, 2.24) is 20.8 Å². The number of carbonyl (C=O) groups excluding carboxylic acids is 2. The minimum atomic E-state index is -0.397. The quantitative estimate of drug-likeness (QED) is 0.719. The largest absolute Gasteiger partial charge is 0.273 e. The summed E-state index contributed by atoms with van der Waals surface area (Å²) in [7, 11) is 0. The summed E-state index contributed by atoms with van der Waals surface area (Å²) in [5.74, 6) is -0.659. The highest BCUT2D eigenvalue weighted by molar-refractivity contribution is 7.18. The van der Waals surface area contributed by atoms with Crippen LogP contribution in [0.2, 0.25) is 0 Å². The molecule has 23 heavy (non-hydrogen) atoms. The van der Waals surface area contributed by atoms with E-state index in [2.05, 4.69) is 20.8 Å². The number of hydrogen-bond donors (Lipinski definition) is 2. The van der Waals surface area contributed by atoms with Gasteiger partial charge in [0.2, 0.25) is 5.91 Å². The van der Waals surface area contributed by atoms with Gasteiger partial charge in [-0.1, -0.05) is 12.1 Å². The molecule has 0 fully saturated rings. The Morgan fingerprint density at radius 3 is 2.74 bits per heavy atom. The number of para-hydroxylation sites is 1. The Hall–Kier alpha value is -2.80. The van der Waals surface area contributed by atoms with Crippen molar-refractivity contribution in [3.8, 4) is 0 Å². The van der Waals surface area contributed by atoms with Crippen LogP contribution in [-0.2, 0) is 11.2 Å². The molecule has 116 valence electrons. The number of amides is 2. The molecular weight excluding hydrogens is 312 g/mol. The maximum absolute atomic E-state index is 11.8. The first kappa shape index (κ1) is 15.1. The monoisotopic (exact) mass is 326 g/mol. The van der Waals surface area contributed by atoms with Gasteiger partial charge >= 0.3 is 0 Å². The Morgan fingerprint density at radius 2 is 1.96 bits per heavy atom. The fraction of sp³-hybridized carbons (Fsp3) is 0.125. The summed E-state index contributed by atoms with van der Waals surface area (Å²) in [4.78, 5) is 31.9. The smallest absolute Gasteiger partial charge is 0.271 e. The van der Waals surface area contributed by atoms with Crippen molar-refractivity contribution in [3.05, 3.63) is 59.4 Å². The summed E-state index contributed by atoms with van der Waals surface area (Å²) in [5, 5.41) is 0.903. The second-order valence-electron chi connectivity index (χ2n) is 4.82. The predicted molar refractivity (Wildman–Crippen MR) is 87.8 cm³/mol. The van der Waals surface area contributed by atoms with Crippen LogP contribution in [0.3, 0.4) is 0 Å². The zero-order chi connectivity index (χ0) is 16.1. The number of fused-ring (bicyclic) bond motifs is 1. The van der Waals surface area contributed by atoms with Gasteiger partial charge in [0.1, 0.15) is 0 Å². The van der Waals surface area contributed by atoms with E-state index in [0.717, 1.165) is 15.2 Å². The molecule has 7 heteroatoms. The lowest BCUT2D eigenvalue weighted by molar-refractivity contribution is -0.121. The minimum Gasteiger partial charge on any atom is -0.273 e. The number of rotatable bonds is 4. The maximum Gasteiger partial charge on any atom is 0.271 e. The average molecular weight is 326 g/mol. The topological polar surface area (TPSA) is 84.0 Å². The molecule has 3 aromatic rings. The highest BCUT2D eigenvalue weighted by Gasteiger charge is 2.09. The van der Waals surface area contributed by atoms with Crippen molar-refractivity contribution >= 4 is 33.4 Å². The number of benzene rings is 1. The Balaban J connectivity index is 1.49. The Morgan fingerprint density at radius 1 is 1.09 bits per heavy atom. The Labute approximate surface area is 136 Å². The molecule has 0 bridgehead atoms. The predicted octanol–water partition coefficient (Wildman–Crippen LogP) is 2.09. The van der Waals surface area contributed by atoms with Crippen LogP contribution in [0.1, 0.15) is 21.8 Å². The second kappa shape index (κ2) is 6.97. The van der Waals surface area contributed by atoms with E-state index in [1.165, 1.54) is 6.20 Å². The lowest BCUT2D eigenvalue weighted by Gasteiger charge is -2.06. The van der Waals surface area contributed by atoms with Gasteiger partial charge in [0.15, 0.2) is 0 Å². The summed E-state index contributed by atoms with van der Waals surface area (Å²) >= 11 is 1.57. The number of hydrogen-bond acceptors (Lipinski definition) is 5. The van der Waals surface area contributed by atoms with Crippen molar-refractivity contribution in [2.75, 3.05) is 0 Å². The van der Waals surface area contributed by atoms with E-state index in [1.54, 1.807) is 29.7 Å². The molecule has 0 aliphatic rings. The van der Waals surface area contributed by atoms with Crippen LogP contribution >= 0.6 is 11.3 Å². The summed E-state index contributed by atoms with van der Waals surface area (Å²) in [6.45, 7) is 0. The molecule has 2 N–H and O–H groups in total. The van der Waals surface area contributed by atoms with Gasteiger partial charge < -0.3 is 0 Å². The fourth-order valence-corrected chi connectivity index (χ4v) is 2.97. The van der Waals surface area contributed by atoms with Crippen LogP contribution in [0.25, 0.3) is 10.2 Å². The molecule has 0 radical (unpaired) electrons. The molecule has 2 heterocycles. The Bertz CT molecular complexity index is 799. The van der Waals surface area contributed by atoms with Gasteiger partial charge in [-0.15, -0.1) is 11.3 Å². The van der Waals surface area contributed by atoms with E-state index in [0.29, 0.717) is 12.0 Å². The third-order valence-electron chi connectivity index (χ3n) is 3.14. The Kier molecular flexibility index (Phi) is 4.58. The van der Waals surface area contributed by atoms with Crippen LogP contribution in [0.5, 0.6) is 0 Å². The highest BCUT2D eigenvalue weighted by atomic mass is 32.1. The minimum absolute atomic E-state index is 0.257. The zero-order valence-electron chi connectivity index (χ0n) is 12.2. The maximum atomic E-state index is 11.8. The van der Waals surface area contributed by atoms with Gasteiger partial charge in [0, 0.05) is 25.2 Å². The molecule has 0 saturated heterocycles. The van der Waals surface area contributed by atoms with Gasteiger partial charge in [-0.3, -0.25) is 25.4 Å². The zero-order valence-corrected chi connectivity index (χ0v) is 13.0. The lowest BCUT2D eigenvalue weighted by Crippen LogP contribution is -2.41. The van der Waals surface area contributed by atoms with Crippen LogP contribution in [-0.4, -0.2) is 21.8 Å². The first-order chi connectivity index (χ1) is 11.2. The van der Waals surface area contributed by atoms with Gasteiger partial charge in [0.05, 0.1) is 20.8 Å². The second-order valence-corrected chi connectivity index (χ2v) is 5.93. The van der Waals surface area contributed by atoms with Crippen molar-refractivity contribution < 1.29 is 9.59 Å². The van der Waals surface area contributed by atoms with Gasteiger partial charge in [-0.05, 0) is 24.3 Å². The average Bonchev–Trinajstić information content (AvgIpc) is 3.01.